The molecule has 0 unspecified atom stereocenters. The Labute approximate surface area is 133 Å². The van der Waals surface area contributed by atoms with Crippen molar-refractivity contribution in [3.05, 3.63) is 18.0 Å². The van der Waals surface area contributed by atoms with Crippen LogP contribution in [0.1, 0.15) is 12.0 Å². The Morgan fingerprint density at radius 1 is 1.36 bits per heavy atom. The molecular formula is C15H30N6O. The van der Waals surface area contributed by atoms with Gasteiger partial charge in [-0.05, 0) is 26.0 Å². The van der Waals surface area contributed by atoms with Crippen LogP contribution in [-0.2, 0) is 11.3 Å². The van der Waals surface area contributed by atoms with E-state index in [9.17, 15) is 0 Å². The number of nitrogens with one attached hydrogen (secondary N) is 2. The highest BCUT2D eigenvalue weighted by Gasteiger charge is 2.01. The zero-order chi connectivity index (χ0) is 16.2. The maximum atomic E-state index is 5.06. The number of rotatable bonds is 10. The minimum atomic E-state index is 0.796. The van der Waals surface area contributed by atoms with Gasteiger partial charge in [0, 0.05) is 53.1 Å². The first kappa shape index (κ1) is 18.4. The molecule has 0 saturated heterocycles. The third kappa shape index (κ3) is 7.99. The SMILES string of the molecule is CN=C(NCCN(C)CCCOC)NCCn1cc(C)cn1. The molecule has 1 aromatic heterocycles. The lowest BCUT2D eigenvalue weighted by atomic mass is 10.4. The Morgan fingerprint density at radius 3 is 2.77 bits per heavy atom. The molecule has 1 rings (SSSR count). The third-order valence-electron chi connectivity index (χ3n) is 3.29. The van der Waals surface area contributed by atoms with Crippen LogP contribution in [0.15, 0.2) is 17.4 Å². The molecule has 0 amide bonds. The summed E-state index contributed by atoms with van der Waals surface area (Å²) in [5, 5.41) is 10.9. The molecule has 0 radical (unpaired) electrons. The molecule has 2 N–H and O–H groups in total. The van der Waals surface area contributed by atoms with Crippen molar-refractivity contribution < 1.29 is 4.74 Å². The van der Waals surface area contributed by atoms with Crippen LogP contribution in [0.2, 0.25) is 0 Å². The summed E-state index contributed by atoms with van der Waals surface area (Å²) in [5.41, 5.74) is 1.18. The number of aryl methyl sites for hydroxylation is 1. The summed E-state index contributed by atoms with van der Waals surface area (Å²) in [7, 11) is 5.64. The minimum absolute atomic E-state index is 0.796. The molecule has 1 aromatic rings. The fraction of sp³-hybridized carbons (Fsp3) is 0.733. The Hall–Kier alpha value is -1.60. The number of nitrogens with zero attached hydrogens (tertiary/aromatic N) is 4. The number of hydrogen-bond donors (Lipinski definition) is 2. The van der Waals surface area contributed by atoms with Crippen molar-refractivity contribution in [2.75, 3.05) is 54.0 Å². The number of aliphatic imine (C=N–C) groups is 1. The van der Waals surface area contributed by atoms with E-state index in [4.69, 9.17) is 4.74 Å². The highest BCUT2D eigenvalue weighted by Crippen LogP contribution is 1.92. The van der Waals surface area contributed by atoms with Gasteiger partial charge in [0.2, 0.25) is 0 Å². The maximum Gasteiger partial charge on any atom is 0.191 e. The molecule has 0 atom stereocenters. The van der Waals surface area contributed by atoms with Gasteiger partial charge in [0.05, 0.1) is 12.7 Å². The normalized spacial score (nSPS) is 12.0. The van der Waals surface area contributed by atoms with Crippen LogP contribution in [0, 0.1) is 6.92 Å². The molecule has 126 valence electrons. The van der Waals surface area contributed by atoms with Gasteiger partial charge in [0.1, 0.15) is 0 Å². The molecule has 0 fully saturated rings. The van der Waals surface area contributed by atoms with Crippen molar-refractivity contribution in [3.63, 3.8) is 0 Å². The van der Waals surface area contributed by atoms with Gasteiger partial charge in [-0.1, -0.05) is 0 Å². The summed E-state index contributed by atoms with van der Waals surface area (Å²) in [6, 6.07) is 0. The van der Waals surface area contributed by atoms with Crippen LogP contribution in [-0.4, -0.2) is 74.6 Å². The molecule has 0 aliphatic heterocycles. The average molecular weight is 310 g/mol. The number of ether oxygens (including phenoxy) is 1. The van der Waals surface area contributed by atoms with Crippen LogP contribution >= 0.6 is 0 Å². The second-order valence-electron chi connectivity index (χ2n) is 5.36. The summed E-state index contributed by atoms with van der Waals surface area (Å²) < 4.78 is 6.99. The zero-order valence-corrected chi connectivity index (χ0v) is 14.3. The summed E-state index contributed by atoms with van der Waals surface area (Å²) >= 11 is 0. The first-order valence-corrected chi connectivity index (χ1v) is 7.76. The van der Waals surface area contributed by atoms with Crippen molar-refractivity contribution in [1.82, 2.24) is 25.3 Å². The first-order valence-electron chi connectivity index (χ1n) is 7.76. The fourth-order valence-corrected chi connectivity index (χ4v) is 2.05. The Bertz CT molecular complexity index is 431. The lowest BCUT2D eigenvalue weighted by Gasteiger charge is -2.18. The summed E-state index contributed by atoms with van der Waals surface area (Å²) in [6.45, 7) is 7.36. The van der Waals surface area contributed by atoms with Gasteiger partial charge in [-0.15, -0.1) is 0 Å². The van der Waals surface area contributed by atoms with Crippen LogP contribution < -0.4 is 10.6 Å². The molecular weight excluding hydrogens is 280 g/mol. The van der Waals surface area contributed by atoms with Crippen molar-refractivity contribution in [2.45, 2.75) is 19.9 Å². The summed E-state index contributed by atoms with van der Waals surface area (Å²) in [6.07, 6.45) is 4.96. The van der Waals surface area contributed by atoms with Gasteiger partial charge in [-0.25, -0.2) is 0 Å². The molecule has 7 nitrogen and oxygen atoms in total. The third-order valence-corrected chi connectivity index (χ3v) is 3.29. The smallest absolute Gasteiger partial charge is 0.191 e. The van der Waals surface area contributed by atoms with E-state index in [1.807, 2.05) is 24.0 Å². The second-order valence-corrected chi connectivity index (χ2v) is 5.36. The van der Waals surface area contributed by atoms with E-state index in [0.717, 1.165) is 51.7 Å². The lowest BCUT2D eigenvalue weighted by molar-refractivity contribution is 0.180. The molecule has 0 saturated carbocycles. The van der Waals surface area contributed by atoms with Gasteiger partial charge in [-0.2, -0.15) is 5.10 Å². The van der Waals surface area contributed by atoms with Gasteiger partial charge >= 0.3 is 0 Å². The van der Waals surface area contributed by atoms with Crippen LogP contribution in [0.25, 0.3) is 0 Å². The molecule has 7 heteroatoms. The first-order chi connectivity index (χ1) is 10.7. The van der Waals surface area contributed by atoms with Gasteiger partial charge in [0.25, 0.3) is 0 Å². The predicted molar refractivity (Wildman–Crippen MR) is 90.3 cm³/mol. The highest BCUT2D eigenvalue weighted by molar-refractivity contribution is 5.79. The number of guanidine groups is 1. The van der Waals surface area contributed by atoms with Gasteiger partial charge in [0.15, 0.2) is 5.96 Å². The van der Waals surface area contributed by atoms with Crippen molar-refractivity contribution >= 4 is 5.96 Å². The van der Waals surface area contributed by atoms with Crippen LogP contribution in [0.3, 0.4) is 0 Å². The molecule has 22 heavy (non-hydrogen) atoms. The fourth-order valence-electron chi connectivity index (χ4n) is 2.05. The molecule has 0 spiro atoms. The zero-order valence-electron chi connectivity index (χ0n) is 14.3. The average Bonchev–Trinajstić information content (AvgIpc) is 2.91. The Kier molecular flexibility index (Phi) is 9.25. The van der Waals surface area contributed by atoms with Gasteiger partial charge in [-0.3, -0.25) is 9.67 Å². The molecule has 1 heterocycles. The van der Waals surface area contributed by atoms with Crippen molar-refractivity contribution in [1.29, 1.82) is 0 Å². The van der Waals surface area contributed by atoms with E-state index in [0.29, 0.717) is 0 Å². The number of likely N-dealkylation sites (N-methyl/N-ethyl adjacent to an activating group) is 1. The molecule has 0 aliphatic rings. The predicted octanol–water partition coefficient (Wildman–Crippen LogP) is 0.325. The van der Waals surface area contributed by atoms with Crippen molar-refractivity contribution in [2.24, 2.45) is 4.99 Å². The maximum absolute atomic E-state index is 5.06. The monoisotopic (exact) mass is 310 g/mol. The second kappa shape index (κ2) is 11.0. The Balaban J connectivity index is 2.11. The van der Waals surface area contributed by atoms with Gasteiger partial charge < -0.3 is 20.3 Å². The van der Waals surface area contributed by atoms with Crippen molar-refractivity contribution in [3.8, 4) is 0 Å². The lowest BCUT2D eigenvalue weighted by Crippen LogP contribution is -2.42. The quantitative estimate of drug-likeness (QED) is 0.370. The Morgan fingerprint density at radius 2 is 2.14 bits per heavy atom. The van der Waals surface area contributed by atoms with E-state index in [-0.39, 0.29) is 0 Å². The van der Waals surface area contributed by atoms with Crippen LogP contribution in [0.4, 0.5) is 0 Å². The van der Waals surface area contributed by atoms with Crippen LogP contribution in [0.5, 0.6) is 0 Å². The topological polar surface area (TPSA) is 66.7 Å². The summed E-state index contributed by atoms with van der Waals surface area (Å²) in [5.74, 6) is 0.828. The van der Waals surface area contributed by atoms with E-state index < -0.39 is 0 Å². The number of hydrogen-bond acceptors (Lipinski definition) is 4. The molecule has 0 aromatic carbocycles. The molecule has 0 bridgehead atoms. The minimum Gasteiger partial charge on any atom is -0.385 e. The standard InChI is InChI=1S/C15H30N6O/c1-14-12-19-21(13-14)10-7-18-15(16-2)17-6-9-20(3)8-5-11-22-4/h12-13H,5-11H2,1-4H3,(H2,16,17,18). The van der Waals surface area contributed by atoms with E-state index in [1.165, 1.54) is 5.56 Å². The largest absolute Gasteiger partial charge is 0.385 e. The van der Waals surface area contributed by atoms with E-state index in [2.05, 4.69) is 32.7 Å². The number of methoxy groups -OCH3 is 1. The molecule has 0 aliphatic carbocycles. The van der Waals surface area contributed by atoms with E-state index in [1.54, 1.807) is 14.2 Å². The highest BCUT2D eigenvalue weighted by atomic mass is 16.5. The number of aromatic nitrogens is 2. The van der Waals surface area contributed by atoms with E-state index >= 15 is 0 Å². The summed E-state index contributed by atoms with van der Waals surface area (Å²) in [4.78, 5) is 6.51.